The summed E-state index contributed by atoms with van der Waals surface area (Å²) in [5.74, 6) is 0.493. The molecule has 0 spiro atoms. The Balaban J connectivity index is 1.69. The summed E-state index contributed by atoms with van der Waals surface area (Å²) in [5, 5.41) is 22.4. The van der Waals surface area contributed by atoms with E-state index in [0.717, 1.165) is 4.47 Å². The zero-order valence-electron chi connectivity index (χ0n) is 13.9. The SMILES string of the molecule is Cn1c(SCC(=O)Nc2cc(Cl)cc(Cl)c2)nnc1-c1cc(Br)ccc1O. The molecule has 2 N–H and O–H groups in total. The molecule has 3 aromatic rings. The van der Waals surface area contributed by atoms with Crippen molar-refractivity contribution in [3.8, 4) is 17.1 Å². The van der Waals surface area contributed by atoms with Crippen molar-refractivity contribution in [3.05, 3.63) is 50.9 Å². The van der Waals surface area contributed by atoms with Crippen LogP contribution in [0.25, 0.3) is 11.4 Å². The maximum absolute atomic E-state index is 12.2. The highest BCUT2D eigenvalue weighted by Crippen LogP contribution is 2.32. The highest BCUT2D eigenvalue weighted by Gasteiger charge is 2.16. The van der Waals surface area contributed by atoms with Crippen LogP contribution in [0.15, 0.2) is 46.0 Å². The van der Waals surface area contributed by atoms with E-state index in [4.69, 9.17) is 23.2 Å². The number of halogens is 3. The van der Waals surface area contributed by atoms with Gasteiger partial charge in [0.05, 0.1) is 11.3 Å². The maximum Gasteiger partial charge on any atom is 0.234 e. The van der Waals surface area contributed by atoms with Gasteiger partial charge in [0.1, 0.15) is 5.75 Å². The lowest BCUT2D eigenvalue weighted by Crippen LogP contribution is -2.14. The number of carbonyl (C=O) groups is 1. The highest BCUT2D eigenvalue weighted by molar-refractivity contribution is 9.10. The van der Waals surface area contributed by atoms with Gasteiger partial charge in [-0.1, -0.05) is 50.9 Å². The van der Waals surface area contributed by atoms with E-state index >= 15 is 0 Å². The first-order valence-corrected chi connectivity index (χ1v) is 10.1. The fraction of sp³-hybridized carbons (Fsp3) is 0.118. The molecule has 0 aliphatic heterocycles. The summed E-state index contributed by atoms with van der Waals surface area (Å²) in [6, 6.07) is 9.88. The molecule has 6 nitrogen and oxygen atoms in total. The molecule has 27 heavy (non-hydrogen) atoms. The molecule has 1 heterocycles. The van der Waals surface area contributed by atoms with E-state index in [9.17, 15) is 9.90 Å². The van der Waals surface area contributed by atoms with Crippen molar-refractivity contribution in [1.82, 2.24) is 14.8 Å². The molecule has 0 fully saturated rings. The first-order valence-electron chi connectivity index (χ1n) is 7.60. The van der Waals surface area contributed by atoms with Crippen LogP contribution in [-0.2, 0) is 11.8 Å². The summed E-state index contributed by atoms with van der Waals surface area (Å²) in [7, 11) is 1.77. The van der Waals surface area contributed by atoms with Crippen LogP contribution in [0, 0.1) is 0 Å². The summed E-state index contributed by atoms with van der Waals surface area (Å²) in [5.41, 5.74) is 1.07. The van der Waals surface area contributed by atoms with Crippen LogP contribution >= 0.6 is 50.9 Å². The number of thioether (sulfide) groups is 1. The summed E-state index contributed by atoms with van der Waals surface area (Å²) in [4.78, 5) is 12.2. The van der Waals surface area contributed by atoms with E-state index in [1.165, 1.54) is 11.8 Å². The number of hydrogen-bond donors (Lipinski definition) is 2. The smallest absolute Gasteiger partial charge is 0.234 e. The van der Waals surface area contributed by atoms with Gasteiger partial charge in [-0.05, 0) is 36.4 Å². The molecule has 1 aromatic heterocycles. The Bertz CT molecular complexity index is 992. The van der Waals surface area contributed by atoms with Crippen LogP contribution in [0.5, 0.6) is 5.75 Å². The number of nitrogens with zero attached hydrogens (tertiary/aromatic N) is 3. The van der Waals surface area contributed by atoms with Gasteiger partial charge >= 0.3 is 0 Å². The topological polar surface area (TPSA) is 80.0 Å². The Labute approximate surface area is 178 Å². The van der Waals surface area contributed by atoms with Crippen molar-refractivity contribution < 1.29 is 9.90 Å². The van der Waals surface area contributed by atoms with E-state index in [1.807, 2.05) is 0 Å². The van der Waals surface area contributed by atoms with Gasteiger partial charge in [-0.25, -0.2) is 0 Å². The fourth-order valence-corrected chi connectivity index (χ4v) is 3.91. The zero-order valence-corrected chi connectivity index (χ0v) is 17.8. The Morgan fingerprint density at radius 2 is 1.93 bits per heavy atom. The van der Waals surface area contributed by atoms with Crippen molar-refractivity contribution in [3.63, 3.8) is 0 Å². The molecule has 2 aromatic carbocycles. The minimum Gasteiger partial charge on any atom is -0.507 e. The quantitative estimate of drug-likeness (QED) is 0.495. The average Bonchev–Trinajstić information content (AvgIpc) is 2.95. The zero-order chi connectivity index (χ0) is 19.6. The fourth-order valence-electron chi connectivity index (χ4n) is 2.32. The first kappa shape index (κ1) is 20.0. The van der Waals surface area contributed by atoms with Gasteiger partial charge in [0, 0.05) is 27.3 Å². The number of amides is 1. The predicted octanol–water partition coefficient (Wildman–Crippen LogP) is 4.99. The van der Waals surface area contributed by atoms with E-state index in [0.29, 0.717) is 32.3 Å². The largest absolute Gasteiger partial charge is 0.507 e. The lowest BCUT2D eigenvalue weighted by Gasteiger charge is -2.07. The van der Waals surface area contributed by atoms with Crippen molar-refractivity contribution in [1.29, 1.82) is 0 Å². The number of carbonyl (C=O) groups excluding carboxylic acids is 1. The third kappa shape index (κ3) is 4.95. The number of anilines is 1. The van der Waals surface area contributed by atoms with Crippen LogP contribution in [-0.4, -0.2) is 31.5 Å². The van der Waals surface area contributed by atoms with Crippen LogP contribution in [0.2, 0.25) is 10.0 Å². The molecule has 0 radical (unpaired) electrons. The molecule has 0 unspecified atom stereocenters. The van der Waals surface area contributed by atoms with Crippen molar-refractivity contribution in [2.45, 2.75) is 5.16 Å². The Kier molecular flexibility index (Phi) is 6.31. The standard InChI is InChI=1S/C17H13BrCl2N4O2S/c1-24-16(13-4-9(18)2-3-14(13)25)22-23-17(24)27-8-15(26)21-12-6-10(19)5-11(20)7-12/h2-7,25H,8H2,1H3,(H,21,26). The minimum atomic E-state index is -0.229. The van der Waals surface area contributed by atoms with Crippen LogP contribution in [0.1, 0.15) is 0 Å². The number of hydrogen-bond acceptors (Lipinski definition) is 5. The average molecular weight is 488 g/mol. The molecule has 0 bridgehead atoms. The number of phenols is 1. The Hall–Kier alpha value is -1.74. The Morgan fingerprint density at radius 1 is 1.22 bits per heavy atom. The van der Waals surface area contributed by atoms with Crippen LogP contribution < -0.4 is 5.32 Å². The van der Waals surface area contributed by atoms with E-state index in [1.54, 1.807) is 48.0 Å². The van der Waals surface area contributed by atoms with Crippen molar-refractivity contribution >= 4 is 62.5 Å². The van der Waals surface area contributed by atoms with E-state index < -0.39 is 0 Å². The van der Waals surface area contributed by atoms with Gasteiger partial charge in [0.2, 0.25) is 5.91 Å². The maximum atomic E-state index is 12.2. The molecule has 0 saturated carbocycles. The normalized spacial score (nSPS) is 10.8. The molecular formula is C17H13BrCl2N4O2S. The van der Waals surface area contributed by atoms with Gasteiger partial charge in [0.25, 0.3) is 0 Å². The van der Waals surface area contributed by atoms with Crippen molar-refractivity contribution in [2.75, 3.05) is 11.1 Å². The summed E-state index contributed by atoms with van der Waals surface area (Å²) >= 11 is 16.4. The molecular weight excluding hydrogens is 475 g/mol. The minimum absolute atomic E-state index is 0.0980. The third-order valence-corrected chi connectivity index (χ3v) is 5.46. The molecule has 0 aliphatic rings. The second kappa shape index (κ2) is 8.52. The second-order valence-corrected chi connectivity index (χ2v) is 8.25. The second-order valence-electron chi connectivity index (χ2n) is 5.52. The molecule has 0 aliphatic carbocycles. The van der Waals surface area contributed by atoms with Gasteiger partial charge in [-0.3, -0.25) is 4.79 Å². The number of aromatic hydroxyl groups is 1. The molecule has 10 heteroatoms. The Morgan fingerprint density at radius 3 is 2.63 bits per heavy atom. The summed E-state index contributed by atoms with van der Waals surface area (Å²) < 4.78 is 2.53. The number of aromatic nitrogens is 3. The number of benzene rings is 2. The van der Waals surface area contributed by atoms with Crippen molar-refractivity contribution in [2.24, 2.45) is 7.05 Å². The summed E-state index contributed by atoms with van der Waals surface area (Å²) in [6.45, 7) is 0. The number of phenolic OH excluding ortho intramolecular Hbond substituents is 1. The number of rotatable bonds is 5. The van der Waals surface area contributed by atoms with Gasteiger partial charge in [-0.2, -0.15) is 0 Å². The van der Waals surface area contributed by atoms with Crippen LogP contribution in [0.4, 0.5) is 5.69 Å². The van der Waals surface area contributed by atoms with Gasteiger partial charge < -0.3 is 15.0 Å². The monoisotopic (exact) mass is 486 g/mol. The third-order valence-electron chi connectivity index (χ3n) is 3.51. The van der Waals surface area contributed by atoms with E-state index in [-0.39, 0.29) is 17.4 Å². The number of nitrogens with one attached hydrogen (secondary N) is 1. The molecule has 140 valence electrons. The first-order chi connectivity index (χ1) is 12.8. The lowest BCUT2D eigenvalue weighted by atomic mass is 10.2. The molecule has 0 saturated heterocycles. The predicted molar refractivity (Wildman–Crippen MR) is 112 cm³/mol. The van der Waals surface area contributed by atoms with Crippen LogP contribution in [0.3, 0.4) is 0 Å². The molecule has 3 rings (SSSR count). The molecule has 0 atom stereocenters. The lowest BCUT2D eigenvalue weighted by molar-refractivity contribution is -0.113. The molecule has 1 amide bonds. The van der Waals surface area contributed by atoms with E-state index in [2.05, 4.69) is 31.4 Å². The van der Waals surface area contributed by atoms with Gasteiger partial charge in [0.15, 0.2) is 11.0 Å². The highest BCUT2D eigenvalue weighted by atomic mass is 79.9. The van der Waals surface area contributed by atoms with Gasteiger partial charge in [-0.15, -0.1) is 10.2 Å². The summed E-state index contributed by atoms with van der Waals surface area (Å²) in [6.07, 6.45) is 0.